The Bertz CT molecular complexity index is 921. The summed E-state index contributed by atoms with van der Waals surface area (Å²) in [5.74, 6) is 1.88. The van der Waals surface area contributed by atoms with Crippen molar-refractivity contribution in [1.29, 1.82) is 0 Å². The second kappa shape index (κ2) is 6.92. The van der Waals surface area contributed by atoms with E-state index >= 15 is 0 Å². The van der Waals surface area contributed by atoms with Crippen molar-refractivity contribution in [1.82, 2.24) is 10.2 Å². The van der Waals surface area contributed by atoms with E-state index in [9.17, 15) is 4.79 Å². The number of methoxy groups -OCH3 is 1. The van der Waals surface area contributed by atoms with Gasteiger partial charge in [0.05, 0.1) is 13.3 Å². The Morgan fingerprint density at radius 2 is 2.00 bits per heavy atom. The maximum absolute atomic E-state index is 12.0. The predicted octanol–water partition coefficient (Wildman–Crippen LogP) is 3.47. The monoisotopic (exact) mass is 349 g/mol. The molecule has 0 saturated carbocycles. The summed E-state index contributed by atoms with van der Waals surface area (Å²) >= 11 is 0. The molecule has 2 aromatic carbocycles. The van der Waals surface area contributed by atoms with Crippen LogP contribution in [-0.4, -0.2) is 23.2 Å². The Morgan fingerprint density at radius 1 is 1.15 bits per heavy atom. The Balaban J connectivity index is 1.63. The number of benzene rings is 2. The molecule has 1 unspecified atom stereocenters. The van der Waals surface area contributed by atoms with Gasteiger partial charge in [0.25, 0.3) is 0 Å². The molecule has 6 nitrogen and oxygen atoms in total. The van der Waals surface area contributed by atoms with Gasteiger partial charge in [0, 0.05) is 17.9 Å². The van der Waals surface area contributed by atoms with Crippen LogP contribution in [0.5, 0.6) is 11.5 Å². The van der Waals surface area contributed by atoms with Crippen LogP contribution in [-0.2, 0) is 11.4 Å². The average molecular weight is 349 g/mol. The van der Waals surface area contributed by atoms with E-state index in [0.717, 1.165) is 16.7 Å². The Morgan fingerprint density at radius 3 is 2.81 bits per heavy atom. The van der Waals surface area contributed by atoms with Crippen molar-refractivity contribution in [3.05, 3.63) is 71.4 Å². The number of fused-ring (bicyclic) bond motifs is 1. The van der Waals surface area contributed by atoms with Gasteiger partial charge in [-0.3, -0.25) is 9.89 Å². The summed E-state index contributed by atoms with van der Waals surface area (Å²) in [5.41, 5.74) is 3.05. The summed E-state index contributed by atoms with van der Waals surface area (Å²) in [5, 5.41) is 9.69. The Kier molecular flexibility index (Phi) is 4.31. The molecule has 2 N–H and O–H groups in total. The molecule has 0 fully saturated rings. The Labute approximate surface area is 151 Å². The number of ether oxygens (including phenoxy) is 2. The molecule has 4 rings (SSSR count). The quantitative estimate of drug-likeness (QED) is 0.739. The zero-order valence-corrected chi connectivity index (χ0v) is 14.4. The highest BCUT2D eigenvalue weighted by atomic mass is 16.5. The lowest BCUT2D eigenvalue weighted by Gasteiger charge is -2.23. The van der Waals surface area contributed by atoms with Crippen molar-refractivity contribution in [2.75, 3.05) is 12.4 Å². The van der Waals surface area contributed by atoms with Gasteiger partial charge in [0.15, 0.2) is 11.5 Å². The number of aromatic nitrogens is 2. The van der Waals surface area contributed by atoms with Crippen molar-refractivity contribution in [3.63, 3.8) is 0 Å². The van der Waals surface area contributed by atoms with E-state index < -0.39 is 0 Å². The van der Waals surface area contributed by atoms with Gasteiger partial charge >= 0.3 is 0 Å². The molecule has 132 valence electrons. The molecule has 2 heterocycles. The molecule has 1 amide bonds. The van der Waals surface area contributed by atoms with Crippen molar-refractivity contribution >= 4 is 11.7 Å². The van der Waals surface area contributed by atoms with Crippen molar-refractivity contribution in [2.24, 2.45) is 0 Å². The van der Waals surface area contributed by atoms with Crippen LogP contribution in [0.15, 0.2) is 54.7 Å². The molecule has 0 saturated heterocycles. The van der Waals surface area contributed by atoms with E-state index in [1.165, 1.54) is 0 Å². The minimum Gasteiger partial charge on any atom is -0.493 e. The van der Waals surface area contributed by atoms with E-state index in [1.54, 1.807) is 13.3 Å². The first kappa shape index (κ1) is 16.2. The van der Waals surface area contributed by atoms with Crippen LogP contribution in [0.3, 0.4) is 0 Å². The van der Waals surface area contributed by atoms with Crippen LogP contribution in [0.2, 0.25) is 0 Å². The molecular formula is C20H19N3O3. The summed E-state index contributed by atoms with van der Waals surface area (Å²) in [4.78, 5) is 12.0. The lowest BCUT2D eigenvalue weighted by Crippen LogP contribution is -2.23. The first-order chi connectivity index (χ1) is 12.7. The third-order valence-corrected chi connectivity index (χ3v) is 4.53. The second-order valence-corrected chi connectivity index (χ2v) is 6.19. The molecule has 1 aliphatic heterocycles. The lowest BCUT2D eigenvalue weighted by molar-refractivity contribution is -0.116. The fourth-order valence-electron chi connectivity index (χ4n) is 3.20. The largest absolute Gasteiger partial charge is 0.493 e. The molecule has 0 radical (unpaired) electrons. The molecule has 0 aliphatic carbocycles. The highest BCUT2D eigenvalue weighted by Gasteiger charge is 2.28. The topological polar surface area (TPSA) is 76.2 Å². The Hall–Kier alpha value is -3.28. The number of aromatic amines is 1. The summed E-state index contributed by atoms with van der Waals surface area (Å²) in [6.07, 6.45) is 2.13. The van der Waals surface area contributed by atoms with Gasteiger partial charge in [0.1, 0.15) is 12.4 Å². The molecule has 26 heavy (non-hydrogen) atoms. The number of amides is 1. The molecule has 3 aromatic rings. The number of carbonyl (C=O) groups excluding carboxylic acids is 1. The SMILES string of the molecule is COc1ccc(C2CC(=O)Nc3[nH]ncc32)cc1OCc1ccccc1. The molecule has 1 aromatic heterocycles. The van der Waals surface area contributed by atoms with Gasteiger partial charge in [-0.15, -0.1) is 0 Å². The van der Waals surface area contributed by atoms with Crippen LogP contribution < -0.4 is 14.8 Å². The van der Waals surface area contributed by atoms with E-state index in [-0.39, 0.29) is 11.8 Å². The number of anilines is 1. The first-order valence-electron chi connectivity index (χ1n) is 8.42. The van der Waals surface area contributed by atoms with E-state index in [1.807, 2.05) is 48.5 Å². The third kappa shape index (κ3) is 3.13. The molecule has 1 atom stereocenters. The summed E-state index contributed by atoms with van der Waals surface area (Å²) in [7, 11) is 1.62. The number of H-pyrrole nitrogens is 1. The number of hydrogen-bond acceptors (Lipinski definition) is 4. The minimum atomic E-state index is -0.0671. The van der Waals surface area contributed by atoms with Crippen molar-refractivity contribution in [3.8, 4) is 11.5 Å². The summed E-state index contributed by atoms with van der Waals surface area (Å²) in [6.45, 7) is 0.447. The zero-order valence-electron chi connectivity index (χ0n) is 14.4. The van der Waals surface area contributed by atoms with Crippen LogP contribution in [0, 0.1) is 0 Å². The fraction of sp³-hybridized carbons (Fsp3) is 0.200. The average Bonchev–Trinajstić information content (AvgIpc) is 3.14. The smallest absolute Gasteiger partial charge is 0.226 e. The van der Waals surface area contributed by atoms with Crippen LogP contribution >= 0.6 is 0 Å². The standard InChI is InChI=1S/C20H19N3O3/c1-25-17-8-7-14(9-18(17)26-12-13-5-3-2-4-6-13)15-10-19(24)22-20-16(15)11-21-23-20/h2-9,11,15H,10,12H2,1H3,(H2,21,22,23,24). The number of carbonyl (C=O) groups is 1. The van der Waals surface area contributed by atoms with E-state index in [0.29, 0.717) is 30.3 Å². The van der Waals surface area contributed by atoms with Crippen LogP contribution in [0.4, 0.5) is 5.82 Å². The maximum Gasteiger partial charge on any atom is 0.226 e. The molecule has 1 aliphatic rings. The predicted molar refractivity (Wildman–Crippen MR) is 97.4 cm³/mol. The first-order valence-corrected chi connectivity index (χ1v) is 8.42. The van der Waals surface area contributed by atoms with Gasteiger partial charge in [-0.25, -0.2) is 0 Å². The highest BCUT2D eigenvalue weighted by molar-refractivity contribution is 5.94. The molecule has 6 heteroatoms. The van der Waals surface area contributed by atoms with Crippen LogP contribution in [0.25, 0.3) is 0 Å². The number of nitrogens with zero attached hydrogens (tertiary/aromatic N) is 1. The van der Waals surface area contributed by atoms with Gasteiger partial charge in [-0.05, 0) is 23.3 Å². The zero-order chi connectivity index (χ0) is 17.9. The highest BCUT2D eigenvalue weighted by Crippen LogP contribution is 2.39. The van der Waals surface area contributed by atoms with Gasteiger partial charge in [-0.2, -0.15) is 5.10 Å². The molecule has 0 spiro atoms. The molecular weight excluding hydrogens is 330 g/mol. The van der Waals surface area contributed by atoms with Gasteiger partial charge in [-0.1, -0.05) is 36.4 Å². The van der Waals surface area contributed by atoms with Gasteiger partial charge in [0.2, 0.25) is 5.91 Å². The molecule has 0 bridgehead atoms. The number of nitrogens with one attached hydrogen (secondary N) is 2. The number of hydrogen-bond donors (Lipinski definition) is 2. The number of rotatable bonds is 5. The summed E-state index contributed by atoms with van der Waals surface area (Å²) < 4.78 is 11.4. The second-order valence-electron chi connectivity index (χ2n) is 6.19. The normalized spacial score (nSPS) is 15.9. The minimum absolute atomic E-state index is 0.0330. The van der Waals surface area contributed by atoms with E-state index in [4.69, 9.17) is 9.47 Å². The van der Waals surface area contributed by atoms with Crippen LogP contribution in [0.1, 0.15) is 29.0 Å². The maximum atomic E-state index is 12.0. The van der Waals surface area contributed by atoms with Crippen molar-refractivity contribution < 1.29 is 14.3 Å². The van der Waals surface area contributed by atoms with Crippen molar-refractivity contribution in [2.45, 2.75) is 18.9 Å². The van der Waals surface area contributed by atoms with Gasteiger partial charge < -0.3 is 14.8 Å². The summed E-state index contributed by atoms with van der Waals surface area (Å²) in [6, 6.07) is 15.7. The third-order valence-electron chi connectivity index (χ3n) is 4.53. The van der Waals surface area contributed by atoms with E-state index in [2.05, 4.69) is 15.5 Å². The fourth-order valence-corrected chi connectivity index (χ4v) is 3.20. The lowest BCUT2D eigenvalue weighted by atomic mass is 9.87.